The third-order valence-electron chi connectivity index (χ3n) is 5.54. The van der Waals surface area contributed by atoms with E-state index in [9.17, 15) is 4.79 Å². The molecule has 2 saturated carbocycles. The number of carbonyl (C=O) groups is 1. The third-order valence-corrected chi connectivity index (χ3v) is 5.54. The van der Waals surface area contributed by atoms with Crippen LogP contribution in [0.1, 0.15) is 58.3 Å². The monoisotopic (exact) mass is 294 g/mol. The van der Waals surface area contributed by atoms with Gasteiger partial charge < -0.3 is 4.74 Å². The van der Waals surface area contributed by atoms with Gasteiger partial charge in [0.15, 0.2) is 0 Å². The second-order valence-corrected chi connectivity index (χ2v) is 7.18. The van der Waals surface area contributed by atoms with Gasteiger partial charge in [-0.3, -0.25) is 10.2 Å². The molecule has 120 valence electrons. The maximum atomic E-state index is 12.6. The van der Waals surface area contributed by atoms with E-state index in [1.54, 1.807) is 7.11 Å². The van der Waals surface area contributed by atoms with Gasteiger partial charge in [0.25, 0.3) is 0 Å². The van der Waals surface area contributed by atoms with Crippen molar-refractivity contribution in [3.63, 3.8) is 0 Å². The van der Waals surface area contributed by atoms with Gasteiger partial charge in [-0.05, 0) is 57.4 Å². The van der Waals surface area contributed by atoms with Crippen LogP contribution in [0.25, 0.3) is 0 Å². The van der Waals surface area contributed by atoms with Crippen LogP contribution in [-0.2, 0) is 9.53 Å². The zero-order valence-corrected chi connectivity index (χ0v) is 13.6. The summed E-state index contributed by atoms with van der Waals surface area (Å²) in [5.74, 6) is 0.447. The number of nitrogens with zero attached hydrogens (tertiary/aromatic N) is 1. The van der Waals surface area contributed by atoms with Crippen molar-refractivity contribution in [2.24, 2.45) is 5.92 Å². The second-order valence-electron chi connectivity index (χ2n) is 7.18. The number of nitrogens with one attached hydrogen (secondary N) is 1. The molecule has 0 aromatic carbocycles. The molecule has 2 aliphatic carbocycles. The van der Waals surface area contributed by atoms with Gasteiger partial charge in [0.2, 0.25) is 0 Å². The normalized spacial score (nSPS) is 29.9. The molecule has 0 amide bonds. The van der Waals surface area contributed by atoms with E-state index in [0.717, 1.165) is 13.1 Å². The van der Waals surface area contributed by atoms with Gasteiger partial charge in [0.05, 0.1) is 7.11 Å². The number of likely N-dealkylation sites (tertiary alicyclic amines) is 1. The van der Waals surface area contributed by atoms with E-state index < -0.39 is 5.54 Å². The molecule has 0 spiro atoms. The average molecular weight is 294 g/mol. The molecule has 4 nitrogen and oxygen atoms in total. The third kappa shape index (κ3) is 3.26. The van der Waals surface area contributed by atoms with Crippen molar-refractivity contribution in [2.45, 2.75) is 75.9 Å². The molecule has 1 aliphatic heterocycles. The van der Waals surface area contributed by atoms with E-state index >= 15 is 0 Å². The highest BCUT2D eigenvalue weighted by molar-refractivity contribution is 5.82. The SMILES string of the molecule is CCC1CCCCN1CC(NC1CC1)(C(=O)OC)C1CC1. The summed E-state index contributed by atoms with van der Waals surface area (Å²) in [6, 6.07) is 1.18. The Kier molecular flexibility index (Phi) is 4.55. The summed E-state index contributed by atoms with van der Waals surface area (Å²) < 4.78 is 5.23. The fourth-order valence-electron chi connectivity index (χ4n) is 3.98. The highest BCUT2D eigenvalue weighted by atomic mass is 16.5. The lowest BCUT2D eigenvalue weighted by Crippen LogP contribution is -2.63. The Morgan fingerprint density at radius 1 is 1.24 bits per heavy atom. The first-order valence-electron chi connectivity index (χ1n) is 8.79. The average Bonchev–Trinajstić information content (AvgIpc) is 3.38. The Labute approximate surface area is 128 Å². The molecule has 1 N–H and O–H groups in total. The van der Waals surface area contributed by atoms with Crippen molar-refractivity contribution in [2.75, 3.05) is 20.2 Å². The van der Waals surface area contributed by atoms with E-state index in [1.165, 1.54) is 51.4 Å². The van der Waals surface area contributed by atoms with Crippen molar-refractivity contribution in [1.82, 2.24) is 10.2 Å². The first kappa shape index (κ1) is 15.3. The quantitative estimate of drug-likeness (QED) is 0.732. The van der Waals surface area contributed by atoms with Gasteiger partial charge in [0, 0.05) is 18.6 Å². The number of carbonyl (C=O) groups excluding carboxylic acids is 1. The second kappa shape index (κ2) is 6.25. The first-order valence-corrected chi connectivity index (χ1v) is 8.79. The molecule has 2 unspecified atom stereocenters. The zero-order chi connectivity index (χ0) is 14.9. The topological polar surface area (TPSA) is 41.6 Å². The number of ether oxygens (including phenoxy) is 1. The minimum absolute atomic E-state index is 0.0303. The first-order chi connectivity index (χ1) is 10.2. The van der Waals surface area contributed by atoms with Crippen LogP contribution in [0.5, 0.6) is 0 Å². The van der Waals surface area contributed by atoms with E-state index in [4.69, 9.17) is 4.74 Å². The van der Waals surface area contributed by atoms with Gasteiger partial charge in [-0.1, -0.05) is 13.3 Å². The molecule has 4 heteroatoms. The fourth-order valence-corrected chi connectivity index (χ4v) is 3.98. The highest BCUT2D eigenvalue weighted by Gasteiger charge is 2.55. The van der Waals surface area contributed by atoms with Crippen LogP contribution >= 0.6 is 0 Å². The summed E-state index contributed by atoms with van der Waals surface area (Å²) in [4.78, 5) is 15.2. The molecule has 3 fully saturated rings. The highest BCUT2D eigenvalue weighted by Crippen LogP contribution is 2.43. The molecule has 1 heterocycles. The Hall–Kier alpha value is -0.610. The van der Waals surface area contributed by atoms with Crippen molar-refractivity contribution < 1.29 is 9.53 Å². The van der Waals surface area contributed by atoms with Crippen LogP contribution in [0.4, 0.5) is 0 Å². The fraction of sp³-hybridized carbons (Fsp3) is 0.941. The van der Waals surface area contributed by atoms with Crippen molar-refractivity contribution in [3.05, 3.63) is 0 Å². The summed E-state index contributed by atoms with van der Waals surface area (Å²) in [6.45, 7) is 4.25. The molecular formula is C17H30N2O2. The van der Waals surface area contributed by atoms with E-state index in [1.807, 2.05) is 0 Å². The maximum absolute atomic E-state index is 12.6. The summed E-state index contributed by atoms with van der Waals surface area (Å²) in [5.41, 5.74) is -0.444. The number of esters is 1. The molecule has 1 saturated heterocycles. The molecule has 21 heavy (non-hydrogen) atoms. The summed E-state index contributed by atoms with van der Waals surface area (Å²) in [7, 11) is 1.54. The maximum Gasteiger partial charge on any atom is 0.327 e. The minimum Gasteiger partial charge on any atom is -0.468 e. The van der Waals surface area contributed by atoms with Crippen LogP contribution in [0.3, 0.4) is 0 Å². The lowest BCUT2D eigenvalue weighted by molar-refractivity contribution is -0.151. The van der Waals surface area contributed by atoms with Gasteiger partial charge in [-0.25, -0.2) is 4.79 Å². The minimum atomic E-state index is -0.444. The van der Waals surface area contributed by atoms with Crippen molar-refractivity contribution in [3.8, 4) is 0 Å². The van der Waals surface area contributed by atoms with Gasteiger partial charge >= 0.3 is 5.97 Å². The standard InChI is InChI=1S/C17H30N2O2/c1-3-15-6-4-5-11-19(15)12-17(13-7-8-13,16(20)21-2)18-14-9-10-14/h13-15,18H,3-12H2,1-2H3. The van der Waals surface area contributed by atoms with E-state index in [-0.39, 0.29) is 5.97 Å². The largest absolute Gasteiger partial charge is 0.468 e. The van der Waals surface area contributed by atoms with Gasteiger partial charge in [-0.15, -0.1) is 0 Å². The van der Waals surface area contributed by atoms with Crippen LogP contribution in [-0.4, -0.2) is 48.7 Å². The number of piperidine rings is 1. The molecular weight excluding hydrogens is 264 g/mol. The Morgan fingerprint density at radius 2 is 2.00 bits per heavy atom. The van der Waals surface area contributed by atoms with Crippen LogP contribution in [0.2, 0.25) is 0 Å². The smallest absolute Gasteiger partial charge is 0.327 e. The Balaban J connectivity index is 1.77. The van der Waals surface area contributed by atoms with E-state index in [2.05, 4.69) is 17.1 Å². The van der Waals surface area contributed by atoms with E-state index in [0.29, 0.717) is 18.0 Å². The van der Waals surface area contributed by atoms with Gasteiger partial charge in [0.1, 0.15) is 5.54 Å². The lowest BCUT2D eigenvalue weighted by Gasteiger charge is -2.42. The predicted octanol–water partition coefficient (Wildman–Crippen LogP) is 2.32. The Morgan fingerprint density at radius 3 is 2.57 bits per heavy atom. The van der Waals surface area contributed by atoms with Crippen LogP contribution in [0, 0.1) is 5.92 Å². The summed E-state index contributed by atoms with van der Waals surface area (Å²) >= 11 is 0. The molecule has 0 aromatic heterocycles. The van der Waals surface area contributed by atoms with Crippen LogP contribution < -0.4 is 5.32 Å². The zero-order valence-electron chi connectivity index (χ0n) is 13.6. The molecule has 3 aliphatic rings. The number of hydrogen-bond acceptors (Lipinski definition) is 4. The Bertz CT molecular complexity index is 379. The molecule has 0 aromatic rings. The predicted molar refractivity (Wildman–Crippen MR) is 83.1 cm³/mol. The summed E-state index contributed by atoms with van der Waals surface area (Å²) in [5, 5.41) is 3.69. The van der Waals surface area contributed by atoms with Gasteiger partial charge in [-0.2, -0.15) is 0 Å². The lowest BCUT2D eigenvalue weighted by atomic mass is 9.89. The molecule has 0 radical (unpaired) electrons. The number of methoxy groups -OCH3 is 1. The van der Waals surface area contributed by atoms with Crippen LogP contribution in [0.15, 0.2) is 0 Å². The summed E-state index contributed by atoms with van der Waals surface area (Å²) in [6.07, 6.45) is 9.82. The number of rotatable bonds is 7. The molecule has 3 rings (SSSR count). The number of hydrogen-bond donors (Lipinski definition) is 1. The van der Waals surface area contributed by atoms with Crippen molar-refractivity contribution in [1.29, 1.82) is 0 Å². The molecule has 2 atom stereocenters. The molecule has 0 bridgehead atoms. The van der Waals surface area contributed by atoms with Crippen molar-refractivity contribution >= 4 is 5.97 Å².